The van der Waals surface area contributed by atoms with Gasteiger partial charge in [-0.15, -0.1) is 0 Å². The summed E-state index contributed by atoms with van der Waals surface area (Å²) < 4.78 is 12.1. The van der Waals surface area contributed by atoms with E-state index >= 15 is 0 Å². The van der Waals surface area contributed by atoms with Gasteiger partial charge in [-0.05, 0) is 34.4 Å². The molecule has 4 N–H and O–H groups in total. The molecule has 0 heterocycles. The summed E-state index contributed by atoms with van der Waals surface area (Å²) in [6.45, 7) is 0.685. The molecule has 0 aromatic heterocycles. The third-order valence-corrected chi connectivity index (χ3v) is 5.95. The number of hydrogen-bond acceptors (Lipinski definition) is 5. The zero-order chi connectivity index (χ0) is 26.7. The molecule has 0 radical (unpaired) electrons. The van der Waals surface area contributed by atoms with Crippen LogP contribution in [0.1, 0.15) is 28.4 Å². The third kappa shape index (κ3) is 7.44. The van der Waals surface area contributed by atoms with Gasteiger partial charge in [0.1, 0.15) is 19.3 Å². The maximum atomic E-state index is 12.6. The van der Waals surface area contributed by atoms with E-state index in [1.165, 1.54) is 0 Å². The number of aliphatic hydroxyl groups excluding tert-OH is 1. The van der Waals surface area contributed by atoms with Gasteiger partial charge in [0.2, 0.25) is 5.91 Å². The Bertz CT molecular complexity index is 1330. The van der Waals surface area contributed by atoms with E-state index in [1.54, 1.807) is 48.5 Å². The first kappa shape index (κ1) is 26.4. The first-order valence-corrected chi connectivity index (χ1v) is 12.3. The van der Waals surface area contributed by atoms with Crippen molar-refractivity contribution in [2.24, 2.45) is 5.73 Å². The van der Waals surface area contributed by atoms with Crippen molar-refractivity contribution in [3.63, 3.8) is 0 Å². The Morgan fingerprint density at radius 1 is 0.711 bits per heavy atom. The lowest BCUT2D eigenvalue weighted by molar-refractivity contribution is -0.133. The molecule has 4 rings (SSSR count). The number of nitrogens with two attached hydrogens (primary N) is 1. The molecule has 0 aliphatic rings. The number of rotatable bonds is 12. The lowest BCUT2D eigenvalue weighted by Crippen LogP contribution is -2.47. The van der Waals surface area contributed by atoms with Crippen LogP contribution in [0.5, 0.6) is 11.5 Å². The molecular weight excluding hydrogens is 480 g/mol. The second-order valence-electron chi connectivity index (χ2n) is 8.81. The van der Waals surface area contributed by atoms with Gasteiger partial charge in [0, 0.05) is 6.42 Å². The van der Waals surface area contributed by atoms with Crippen molar-refractivity contribution >= 4 is 11.8 Å². The summed E-state index contributed by atoms with van der Waals surface area (Å²) in [6, 6.07) is 32.3. The minimum Gasteiger partial charge on any atom is -0.485 e. The smallest absolute Gasteiger partial charge is 0.254 e. The van der Waals surface area contributed by atoms with Crippen LogP contribution in [0, 0.1) is 0 Å². The van der Waals surface area contributed by atoms with Gasteiger partial charge < -0.3 is 25.6 Å². The van der Waals surface area contributed by atoms with Gasteiger partial charge in [-0.25, -0.2) is 0 Å². The molecule has 7 nitrogen and oxygen atoms in total. The Morgan fingerprint density at radius 3 is 1.79 bits per heavy atom. The summed E-state index contributed by atoms with van der Waals surface area (Å²) in [5, 5.41) is 13.0. The molecule has 4 aromatic carbocycles. The third-order valence-electron chi connectivity index (χ3n) is 5.95. The quantitative estimate of drug-likeness (QED) is 0.266. The molecule has 0 bridgehead atoms. The molecular formula is C31H30N2O5. The van der Waals surface area contributed by atoms with E-state index in [4.69, 9.17) is 15.2 Å². The molecule has 2 atom stereocenters. The van der Waals surface area contributed by atoms with Crippen LogP contribution in [-0.2, 0) is 29.2 Å². The molecule has 0 spiro atoms. The van der Waals surface area contributed by atoms with Crippen molar-refractivity contribution in [3.05, 3.63) is 131 Å². The van der Waals surface area contributed by atoms with E-state index in [0.717, 1.165) is 11.1 Å². The molecule has 0 aliphatic heterocycles. The molecule has 0 fully saturated rings. The molecule has 0 unspecified atom stereocenters. The lowest BCUT2D eigenvalue weighted by atomic mass is 10.0. The van der Waals surface area contributed by atoms with E-state index in [1.807, 2.05) is 60.7 Å². The fraction of sp³-hybridized carbons (Fsp3) is 0.161. The number of amides is 2. The van der Waals surface area contributed by atoms with Gasteiger partial charge in [-0.2, -0.15) is 0 Å². The standard InChI is InChI=1S/C31H30N2O5/c32-30(35)26(33-31(36)29(34)25-14-8-3-9-15-25)18-24-16-17-27(37-20-22-10-4-1-5-11-22)28(19-24)38-21-23-12-6-2-7-13-23/h1-17,19,26,29,34H,18,20-21H2,(H2,32,35)(H,33,36)/t26-,29-/m0/s1. The van der Waals surface area contributed by atoms with Crippen LogP contribution in [0.3, 0.4) is 0 Å². The second kappa shape index (κ2) is 13.1. The van der Waals surface area contributed by atoms with Gasteiger partial charge >= 0.3 is 0 Å². The first-order chi connectivity index (χ1) is 18.5. The molecule has 2 amide bonds. The van der Waals surface area contributed by atoms with Gasteiger partial charge in [-0.3, -0.25) is 9.59 Å². The largest absolute Gasteiger partial charge is 0.485 e. The minimum absolute atomic E-state index is 0.114. The maximum Gasteiger partial charge on any atom is 0.254 e. The summed E-state index contributed by atoms with van der Waals surface area (Å²) in [5.41, 5.74) is 8.73. The zero-order valence-corrected chi connectivity index (χ0v) is 20.8. The number of carbonyl (C=O) groups excluding carboxylic acids is 2. The molecule has 194 valence electrons. The summed E-state index contributed by atoms with van der Waals surface area (Å²) in [5.74, 6) is -0.369. The summed E-state index contributed by atoms with van der Waals surface area (Å²) >= 11 is 0. The van der Waals surface area contributed by atoms with Crippen molar-refractivity contribution in [2.75, 3.05) is 0 Å². The van der Waals surface area contributed by atoms with Crippen molar-refractivity contribution < 1.29 is 24.2 Å². The van der Waals surface area contributed by atoms with E-state index in [9.17, 15) is 14.7 Å². The fourth-order valence-electron chi connectivity index (χ4n) is 3.88. The Balaban J connectivity index is 1.50. The molecule has 0 saturated carbocycles. The topological polar surface area (TPSA) is 111 Å². The van der Waals surface area contributed by atoms with Gasteiger partial charge in [0.25, 0.3) is 5.91 Å². The van der Waals surface area contributed by atoms with Crippen molar-refractivity contribution in [3.8, 4) is 11.5 Å². The van der Waals surface area contributed by atoms with Crippen LogP contribution in [0.4, 0.5) is 0 Å². The molecule has 7 heteroatoms. The average Bonchev–Trinajstić information content (AvgIpc) is 2.96. The maximum absolute atomic E-state index is 12.6. The van der Waals surface area contributed by atoms with Crippen LogP contribution in [0.25, 0.3) is 0 Å². The van der Waals surface area contributed by atoms with Gasteiger partial charge in [0.15, 0.2) is 17.6 Å². The predicted octanol–water partition coefficient (Wildman–Crippen LogP) is 4.09. The molecule has 4 aromatic rings. The highest BCUT2D eigenvalue weighted by Crippen LogP contribution is 2.30. The minimum atomic E-state index is -1.42. The van der Waals surface area contributed by atoms with Crippen LogP contribution in [0.15, 0.2) is 109 Å². The van der Waals surface area contributed by atoms with Gasteiger partial charge in [-0.1, -0.05) is 97.1 Å². The Hall–Kier alpha value is -4.62. The number of hydrogen-bond donors (Lipinski definition) is 3. The van der Waals surface area contributed by atoms with Crippen molar-refractivity contribution in [2.45, 2.75) is 31.8 Å². The van der Waals surface area contributed by atoms with Crippen LogP contribution < -0.4 is 20.5 Å². The average molecular weight is 511 g/mol. The van der Waals surface area contributed by atoms with Crippen LogP contribution in [-0.4, -0.2) is 23.0 Å². The number of carbonyl (C=O) groups is 2. The number of primary amides is 1. The summed E-state index contributed by atoms with van der Waals surface area (Å²) in [4.78, 5) is 24.8. The molecule has 0 saturated heterocycles. The number of aliphatic hydroxyl groups is 1. The van der Waals surface area contributed by atoms with E-state index in [-0.39, 0.29) is 6.42 Å². The lowest BCUT2D eigenvalue weighted by Gasteiger charge is -2.19. The Labute approximate surface area is 221 Å². The van der Waals surface area contributed by atoms with Crippen molar-refractivity contribution in [1.29, 1.82) is 0 Å². The van der Waals surface area contributed by atoms with E-state index in [2.05, 4.69) is 5.32 Å². The van der Waals surface area contributed by atoms with Crippen molar-refractivity contribution in [1.82, 2.24) is 5.32 Å². The highest BCUT2D eigenvalue weighted by molar-refractivity contribution is 5.89. The second-order valence-corrected chi connectivity index (χ2v) is 8.81. The monoisotopic (exact) mass is 510 g/mol. The van der Waals surface area contributed by atoms with Crippen LogP contribution >= 0.6 is 0 Å². The molecule has 38 heavy (non-hydrogen) atoms. The van der Waals surface area contributed by atoms with Crippen LogP contribution in [0.2, 0.25) is 0 Å². The highest BCUT2D eigenvalue weighted by Gasteiger charge is 2.24. The number of benzene rings is 4. The van der Waals surface area contributed by atoms with Gasteiger partial charge in [0.05, 0.1) is 0 Å². The Kier molecular flexibility index (Phi) is 9.10. The normalized spacial score (nSPS) is 12.2. The first-order valence-electron chi connectivity index (χ1n) is 12.3. The molecule has 0 aliphatic carbocycles. The predicted molar refractivity (Wildman–Crippen MR) is 144 cm³/mol. The Morgan fingerprint density at radius 2 is 1.24 bits per heavy atom. The number of ether oxygens (including phenoxy) is 2. The van der Waals surface area contributed by atoms with E-state index in [0.29, 0.717) is 35.8 Å². The summed E-state index contributed by atoms with van der Waals surface area (Å²) in [6.07, 6.45) is -1.31. The van der Waals surface area contributed by atoms with E-state index < -0.39 is 24.0 Å². The zero-order valence-electron chi connectivity index (χ0n) is 20.8. The highest BCUT2D eigenvalue weighted by atomic mass is 16.5. The summed E-state index contributed by atoms with van der Waals surface area (Å²) in [7, 11) is 0. The number of nitrogens with one attached hydrogen (secondary N) is 1. The fourth-order valence-corrected chi connectivity index (χ4v) is 3.88. The SMILES string of the molecule is NC(=O)[C@H](Cc1ccc(OCc2ccccc2)c(OCc2ccccc2)c1)NC(=O)[C@@H](O)c1ccccc1.